The van der Waals surface area contributed by atoms with Crippen LogP contribution in [0.3, 0.4) is 0 Å². The van der Waals surface area contributed by atoms with E-state index >= 15 is 0 Å². The number of aromatic amines is 1. The molecule has 0 radical (unpaired) electrons. The molecule has 84 valence electrons. The highest BCUT2D eigenvalue weighted by molar-refractivity contribution is 5.86. The third-order valence-corrected chi connectivity index (χ3v) is 2.15. The first-order valence-electron chi connectivity index (χ1n) is 4.41. The van der Waals surface area contributed by atoms with E-state index in [9.17, 15) is 18.0 Å². The molecular weight excluding hydrogens is 221 g/mol. The number of fused-ring (bicyclic) bond motifs is 1. The molecule has 2 rings (SSSR count). The lowest BCUT2D eigenvalue weighted by Crippen LogP contribution is -2.04. The standard InChI is InChI=1S/C10H7F3N2O/c11-10(12,13)9-4-6-3-7(14-5-16)1-2-8(6)15-9/h1-5,15H,(H,14,16). The number of carbonyl (C=O) groups is 1. The summed E-state index contributed by atoms with van der Waals surface area (Å²) in [4.78, 5) is 12.4. The van der Waals surface area contributed by atoms with Crippen LogP contribution in [-0.2, 0) is 11.0 Å². The van der Waals surface area contributed by atoms with E-state index in [0.29, 0.717) is 23.0 Å². The van der Waals surface area contributed by atoms with Crippen molar-refractivity contribution in [2.24, 2.45) is 0 Å². The molecule has 1 amide bonds. The summed E-state index contributed by atoms with van der Waals surface area (Å²) in [5.74, 6) is 0. The number of benzene rings is 1. The number of rotatable bonds is 2. The number of hydrogen-bond donors (Lipinski definition) is 2. The summed E-state index contributed by atoms with van der Waals surface area (Å²) in [6.07, 6.45) is -3.92. The SMILES string of the molecule is O=CNc1ccc2[nH]c(C(F)(F)F)cc2c1. The van der Waals surface area contributed by atoms with Gasteiger partial charge >= 0.3 is 6.18 Å². The van der Waals surface area contributed by atoms with Gasteiger partial charge in [0.25, 0.3) is 0 Å². The van der Waals surface area contributed by atoms with E-state index in [0.717, 1.165) is 6.07 Å². The molecule has 0 fully saturated rings. The van der Waals surface area contributed by atoms with Crippen molar-refractivity contribution in [2.45, 2.75) is 6.18 Å². The molecule has 1 heterocycles. The zero-order valence-electron chi connectivity index (χ0n) is 7.93. The lowest BCUT2D eigenvalue weighted by Gasteiger charge is -2.00. The lowest BCUT2D eigenvalue weighted by atomic mass is 10.2. The average Bonchev–Trinajstić information content (AvgIpc) is 2.60. The fourth-order valence-electron chi connectivity index (χ4n) is 1.44. The van der Waals surface area contributed by atoms with Crippen molar-refractivity contribution in [3.8, 4) is 0 Å². The Balaban J connectivity index is 2.50. The molecule has 2 aromatic rings. The van der Waals surface area contributed by atoms with E-state index in [4.69, 9.17) is 0 Å². The van der Waals surface area contributed by atoms with Gasteiger partial charge in [-0.05, 0) is 24.3 Å². The number of aromatic nitrogens is 1. The topological polar surface area (TPSA) is 44.9 Å². The van der Waals surface area contributed by atoms with Crippen molar-refractivity contribution in [3.63, 3.8) is 0 Å². The van der Waals surface area contributed by atoms with Gasteiger partial charge in [0.2, 0.25) is 6.41 Å². The maximum absolute atomic E-state index is 12.4. The highest BCUT2D eigenvalue weighted by Gasteiger charge is 2.32. The molecule has 0 aliphatic rings. The second-order valence-corrected chi connectivity index (χ2v) is 3.24. The number of alkyl halides is 3. The molecule has 0 bridgehead atoms. The molecule has 3 nitrogen and oxygen atoms in total. The average molecular weight is 228 g/mol. The van der Waals surface area contributed by atoms with Gasteiger partial charge in [-0.3, -0.25) is 4.79 Å². The van der Waals surface area contributed by atoms with Crippen molar-refractivity contribution in [1.29, 1.82) is 0 Å². The first-order valence-corrected chi connectivity index (χ1v) is 4.41. The molecule has 1 aromatic heterocycles. The molecule has 16 heavy (non-hydrogen) atoms. The van der Waals surface area contributed by atoms with Gasteiger partial charge in [-0.25, -0.2) is 0 Å². The fraction of sp³-hybridized carbons (Fsp3) is 0.100. The van der Waals surface area contributed by atoms with Crippen LogP contribution in [-0.4, -0.2) is 11.4 Å². The molecule has 0 atom stereocenters. The minimum atomic E-state index is -4.39. The molecule has 0 spiro atoms. The van der Waals surface area contributed by atoms with Crippen LogP contribution in [0.2, 0.25) is 0 Å². The first kappa shape index (κ1) is 10.5. The van der Waals surface area contributed by atoms with Gasteiger partial charge in [-0.1, -0.05) is 0 Å². The highest BCUT2D eigenvalue weighted by atomic mass is 19.4. The van der Waals surface area contributed by atoms with E-state index in [2.05, 4.69) is 10.3 Å². The summed E-state index contributed by atoms with van der Waals surface area (Å²) in [5, 5.41) is 2.77. The van der Waals surface area contributed by atoms with Crippen LogP contribution in [0.15, 0.2) is 24.3 Å². The summed E-state index contributed by atoms with van der Waals surface area (Å²) in [6.45, 7) is 0. The van der Waals surface area contributed by atoms with Crippen LogP contribution >= 0.6 is 0 Å². The van der Waals surface area contributed by atoms with E-state index in [-0.39, 0.29) is 0 Å². The third-order valence-electron chi connectivity index (χ3n) is 2.15. The second kappa shape index (κ2) is 3.55. The maximum atomic E-state index is 12.4. The number of H-pyrrole nitrogens is 1. The Hall–Kier alpha value is -1.98. The monoisotopic (exact) mass is 228 g/mol. The Labute approximate surface area is 88.3 Å². The number of halogens is 3. The number of nitrogens with one attached hydrogen (secondary N) is 2. The first-order chi connectivity index (χ1) is 7.50. The lowest BCUT2D eigenvalue weighted by molar-refractivity contribution is -0.140. The smallest absolute Gasteiger partial charge is 0.351 e. The molecule has 6 heteroatoms. The van der Waals surface area contributed by atoms with Gasteiger partial charge in [0.05, 0.1) is 0 Å². The zero-order chi connectivity index (χ0) is 11.8. The van der Waals surface area contributed by atoms with Crippen molar-refractivity contribution < 1.29 is 18.0 Å². The summed E-state index contributed by atoms with van der Waals surface area (Å²) in [7, 11) is 0. The number of carbonyl (C=O) groups excluding carboxylic acids is 1. The van der Waals surface area contributed by atoms with Gasteiger partial charge < -0.3 is 10.3 Å². The van der Waals surface area contributed by atoms with Crippen LogP contribution in [0.4, 0.5) is 18.9 Å². The summed E-state index contributed by atoms with van der Waals surface area (Å²) >= 11 is 0. The van der Waals surface area contributed by atoms with E-state index in [1.807, 2.05) is 0 Å². The van der Waals surface area contributed by atoms with Gasteiger partial charge in [-0.2, -0.15) is 13.2 Å². The quantitative estimate of drug-likeness (QED) is 0.762. The van der Waals surface area contributed by atoms with Gasteiger partial charge in [0.15, 0.2) is 0 Å². The number of hydrogen-bond acceptors (Lipinski definition) is 1. The van der Waals surface area contributed by atoms with Crippen molar-refractivity contribution in [1.82, 2.24) is 4.98 Å². The Bertz CT molecular complexity index is 530. The zero-order valence-corrected chi connectivity index (χ0v) is 7.93. The van der Waals surface area contributed by atoms with E-state index < -0.39 is 11.9 Å². The van der Waals surface area contributed by atoms with Crippen LogP contribution in [0.5, 0.6) is 0 Å². The molecule has 2 N–H and O–H groups in total. The highest BCUT2D eigenvalue weighted by Crippen LogP contribution is 2.31. The maximum Gasteiger partial charge on any atom is 0.431 e. The molecule has 1 aromatic carbocycles. The van der Waals surface area contributed by atoms with Crippen molar-refractivity contribution in [2.75, 3.05) is 5.32 Å². The van der Waals surface area contributed by atoms with E-state index in [1.165, 1.54) is 18.2 Å². The number of anilines is 1. The van der Waals surface area contributed by atoms with Crippen LogP contribution in [0.25, 0.3) is 10.9 Å². The predicted octanol–water partition coefficient (Wildman–Crippen LogP) is 2.75. The summed E-state index contributed by atoms with van der Waals surface area (Å²) in [6, 6.07) is 5.48. The molecule has 0 aliphatic carbocycles. The van der Waals surface area contributed by atoms with Crippen LogP contribution in [0.1, 0.15) is 5.69 Å². The number of amides is 1. The van der Waals surface area contributed by atoms with Gasteiger partial charge in [-0.15, -0.1) is 0 Å². The fourth-order valence-corrected chi connectivity index (χ4v) is 1.44. The van der Waals surface area contributed by atoms with Crippen LogP contribution in [0, 0.1) is 0 Å². The van der Waals surface area contributed by atoms with Gasteiger partial charge in [0, 0.05) is 16.6 Å². The predicted molar refractivity (Wildman–Crippen MR) is 53.0 cm³/mol. The summed E-state index contributed by atoms with van der Waals surface area (Å²) < 4.78 is 37.1. The van der Waals surface area contributed by atoms with Gasteiger partial charge in [0.1, 0.15) is 5.69 Å². The molecule has 0 saturated carbocycles. The van der Waals surface area contributed by atoms with Crippen molar-refractivity contribution >= 4 is 23.0 Å². The third kappa shape index (κ3) is 1.86. The normalized spacial score (nSPS) is 11.7. The minimum absolute atomic E-state index is 0.378. The molecular formula is C10H7F3N2O. The Morgan fingerprint density at radius 2 is 2.00 bits per heavy atom. The molecule has 0 saturated heterocycles. The van der Waals surface area contributed by atoms with Crippen molar-refractivity contribution in [3.05, 3.63) is 30.0 Å². The molecule has 0 aliphatic heterocycles. The Morgan fingerprint density at radius 1 is 1.25 bits per heavy atom. The summed E-state index contributed by atoms with van der Waals surface area (Å²) in [5.41, 5.74) is 0.0322. The minimum Gasteiger partial charge on any atom is -0.351 e. The molecule has 0 unspecified atom stereocenters. The Kier molecular flexibility index (Phi) is 2.34. The second-order valence-electron chi connectivity index (χ2n) is 3.24. The Morgan fingerprint density at radius 3 is 2.62 bits per heavy atom. The van der Waals surface area contributed by atoms with Crippen LogP contribution < -0.4 is 5.32 Å². The van der Waals surface area contributed by atoms with E-state index in [1.54, 1.807) is 0 Å². The largest absolute Gasteiger partial charge is 0.431 e.